The Morgan fingerprint density at radius 2 is 2.00 bits per heavy atom. The molecule has 0 aromatic heterocycles. The topological polar surface area (TPSA) is 32.3 Å². The van der Waals surface area contributed by atoms with E-state index in [4.69, 9.17) is 0 Å². The van der Waals surface area contributed by atoms with Crippen LogP contribution in [0.4, 0.5) is 13.2 Å². The van der Waals surface area contributed by atoms with Crippen LogP contribution in [-0.4, -0.2) is 35.7 Å². The van der Waals surface area contributed by atoms with E-state index in [1.807, 2.05) is 0 Å². The summed E-state index contributed by atoms with van der Waals surface area (Å²) >= 11 is 0. The third-order valence-electron chi connectivity index (χ3n) is 3.19. The fourth-order valence-corrected chi connectivity index (χ4v) is 2.02. The Hall–Kier alpha value is -0.780. The highest BCUT2D eigenvalue weighted by atomic mass is 19.4. The van der Waals surface area contributed by atoms with Crippen molar-refractivity contribution in [3.8, 4) is 0 Å². The molecule has 1 saturated heterocycles. The summed E-state index contributed by atoms with van der Waals surface area (Å²) in [6.07, 6.45) is -2.59. The summed E-state index contributed by atoms with van der Waals surface area (Å²) < 4.78 is 35.6. The van der Waals surface area contributed by atoms with Crippen LogP contribution in [0, 0.1) is 0 Å². The maximum Gasteiger partial charge on any atom is 0.389 e. The van der Waals surface area contributed by atoms with Gasteiger partial charge in [0.1, 0.15) is 0 Å². The fourth-order valence-electron chi connectivity index (χ4n) is 2.02. The van der Waals surface area contributed by atoms with E-state index in [1.165, 1.54) is 0 Å². The van der Waals surface area contributed by atoms with Gasteiger partial charge >= 0.3 is 6.18 Å². The molecule has 0 atom stereocenters. The van der Waals surface area contributed by atoms with Gasteiger partial charge in [-0.1, -0.05) is 0 Å². The number of hydrogen-bond donors (Lipinski definition) is 1. The Bertz CT molecular complexity index is 286. The lowest BCUT2D eigenvalue weighted by Crippen LogP contribution is -2.32. The first-order valence-corrected chi connectivity index (χ1v) is 5.54. The van der Waals surface area contributed by atoms with Crippen molar-refractivity contribution in [2.45, 2.75) is 43.8 Å². The van der Waals surface area contributed by atoms with E-state index >= 15 is 0 Å². The van der Waals surface area contributed by atoms with Crippen LogP contribution < -0.4 is 5.32 Å². The molecule has 2 aliphatic rings. The lowest BCUT2D eigenvalue weighted by atomic mass is 10.2. The summed E-state index contributed by atoms with van der Waals surface area (Å²) in [5, 5.41) is 3.12. The standard InChI is InChI=1S/C10H15F3N2O/c11-10(12,13)3-1-2-6-15-7-14-9(4-5-9)8(15)16/h14H,1-7H2. The van der Waals surface area contributed by atoms with Gasteiger partial charge in [0, 0.05) is 13.0 Å². The van der Waals surface area contributed by atoms with Crippen molar-refractivity contribution >= 4 is 5.91 Å². The molecule has 1 spiro atoms. The van der Waals surface area contributed by atoms with Crippen LogP contribution in [0.25, 0.3) is 0 Å². The molecule has 2 rings (SSSR count). The van der Waals surface area contributed by atoms with Gasteiger partial charge in [0.2, 0.25) is 5.91 Å². The molecular weight excluding hydrogens is 221 g/mol. The second-order valence-corrected chi connectivity index (χ2v) is 4.56. The molecule has 1 heterocycles. The minimum atomic E-state index is -4.08. The molecule has 16 heavy (non-hydrogen) atoms. The highest BCUT2D eigenvalue weighted by Crippen LogP contribution is 2.40. The number of hydrogen-bond acceptors (Lipinski definition) is 2. The number of carbonyl (C=O) groups excluding carboxylic acids is 1. The summed E-state index contributed by atoms with van der Waals surface area (Å²) in [5.41, 5.74) is -0.329. The number of unbranched alkanes of at least 4 members (excludes halogenated alkanes) is 1. The minimum Gasteiger partial charge on any atom is -0.328 e. The van der Waals surface area contributed by atoms with Gasteiger partial charge in [-0.2, -0.15) is 13.2 Å². The smallest absolute Gasteiger partial charge is 0.328 e. The zero-order chi connectivity index (χ0) is 11.8. The van der Waals surface area contributed by atoms with E-state index in [0.717, 1.165) is 12.8 Å². The summed E-state index contributed by atoms with van der Waals surface area (Å²) in [7, 11) is 0. The molecule has 92 valence electrons. The third-order valence-corrected chi connectivity index (χ3v) is 3.19. The molecular formula is C10H15F3N2O. The molecule has 0 aromatic rings. The second kappa shape index (κ2) is 3.91. The Morgan fingerprint density at radius 1 is 1.31 bits per heavy atom. The first-order chi connectivity index (χ1) is 7.43. The van der Waals surface area contributed by atoms with Crippen LogP contribution in [0.1, 0.15) is 32.1 Å². The Labute approximate surface area is 92.0 Å². The maximum absolute atomic E-state index is 11.9. The molecule has 1 N–H and O–H groups in total. The van der Waals surface area contributed by atoms with Gasteiger partial charge in [-0.05, 0) is 25.7 Å². The first kappa shape index (κ1) is 11.7. The van der Waals surface area contributed by atoms with Crippen LogP contribution >= 0.6 is 0 Å². The Morgan fingerprint density at radius 3 is 2.50 bits per heavy atom. The van der Waals surface area contributed by atoms with E-state index < -0.39 is 12.6 Å². The van der Waals surface area contributed by atoms with Crippen molar-refractivity contribution in [3.63, 3.8) is 0 Å². The quantitative estimate of drug-likeness (QED) is 0.753. The average Bonchev–Trinajstić information content (AvgIpc) is 2.88. The number of nitrogens with zero attached hydrogens (tertiary/aromatic N) is 1. The maximum atomic E-state index is 11.9. The van der Waals surface area contributed by atoms with Gasteiger partial charge in [0.05, 0.1) is 12.2 Å². The van der Waals surface area contributed by atoms with Crippen molar-refractivity contribution in [1.29, 1.82) is 0 Å². The number of alkyl halides is 3. The zero-order valence-corrected chi connectivity index (χ0v) is 8.94. The van der Waals surface area contributed by atoms with Gasteiger partial charge in [0.25, 0.3) is 0 Å². The average molecular weight is 236 g/mol. The Balaban J connectivity index is 1.66. The van der Waals surface area contributed by atoms with E-state index in [9.17, 15) is 18.0 Å². The second-order valence-electron chi connectivity index (χ2n) is 4.56. The predicted octanol–water partition coefficient (Wildman–Crippen LogP) is 1.64. The Kier molecular flexibility index (Phi) is 2.86. The lowest BCUT2D eigenvalue weighted by molar-refractivity contribution is -0.136. The number of carbonyl (C=O) groups is 1. The number of halogens is 3. The van der Waals surface area contributed by atoms with Gasteiger partial charge in [-0.15, -0.1) is 0 Å². The highest BCUT2D eigenvalue weighted by Gasteiger charge is 2.55. The predicted molar refractivity (Wildman–Crippen MR) is 51.6 cm³/mol. The molecule has 1 amide bonds. The molecule has 1 saturated carbocycles. The number of rotatable bonds is 4. The minimum absolute atomic E-state index is 0.0690. The van der Waals surface area contributed by atoms with Crippen LogP contribution in [0.2, 0.25) is 0 Å². The third kappa shape index (κ3) is 2.48. The van der Waals surface area contributed by atoms with Gasteiger partial charge in [0.15, 0.2) is 0 Å². The van der Waals surface area contributed by atoms with E-state index in [1.54, 1.807) is 4.90 Å². The van der Waals surface area contributed by atoms with Crippen LogP contribution in [-0.2, 0) is 4.79 Å². The van der Waals surface area contributed by atoms with E-state index in [-0.39, 0.29) is 17.9 Å². The van der Waals surface area contributed by atoms with Crippen molar-refractivity contribution < 1.29 is 18.0 Å². The normalized spacial score (nSPS) is 23.2. The van der Waals surface area contributed by atoms with Gasteiger partial charge in [-0.25, -0.2) is 0 Å². The van der Waals surface area contributed by atoms with Crippen LogP contribution in [0.5, 0.6) is 0 Å². The van der Waals surface area contributed by atoms with Crippen molar-refractivity contribution in [3.05, 3.63) is 0 Å². The summed E-state index contributed by atoms with van der Waals surface area (Å²) in [6.45, 7) is 0.925. The number of nitrogens with one attached hydrogen (secondary N) is 1. The molecule has 1 aliphatic carbocycles. The van der Waals surface area contributed by atoms with E-state index in [2.05, 4.69) is 5.32 Å². The summed E-state index contributed by atoms with van der Waals surface area (Å²) in [4.78, 5) is 13.4. The van der Waals surface area contributed by atoms with Crippen molar-refractivity contribution in [2.75, 3.05) is 13.2 Å². The molecule has 0 unspecified atom stereocenters. The van der Waals surface area contributed by atoms with Gasteiger partial charge in [-0.3, -0.25) is 10.1 Å². The molecule has 1 aliphatic heterocycles. The molecule has 3 nitrogen and oxygen atoms in total. The summed E-state index contributed by atoms with van der Waals surface area (Å²) in [5.74, 6) is 0.0690. The SMILES string of the molecule is O=C1N(CCCCC(F)(F)F)CNC12CC2. The fraction of sp³-hybridized carbons (Fsp3) is 0.900. The van der Waals surface area contributed by atoms with Crippen LogP contribution in [0.15, 0.2) is 0 Å². The highest BCUT2D eigenvalue weighted by molar-refractivity contribution is 5.91. The lowest BCUT2D eigenvalue weighted by Gasteiger charge is -2.15. The van der Waals surface area contributed by atoms with Crippen molar-refractivity contribution in [2.24, 2.45) is 0 Å². The first-order valence-electron chi connectivity index (χ1n) is 5.54. The van der Waals surface area contributed by atoms with Crippen LogP contribution in [0.3, 0.4) is 0 Å². The van der Waals surface area contributed by atoms with Crippen molar-refractivity contribution in [1.82, 2.24) is 10.2 Å². The molecule has 0 bridgehead atoms. The van der Waals surface area contributed by atoms with Gasteiger partial charge < -0.3 is 4.90 Å². The number of amides is 1. The summed E-state index contributed by atoms with van der Waals surface area (Å²) in [6, 6.07) is 0. The monoisotopic (exact) mass is 236 g/mol. The zero-order valence-electron chi connectivity index (χ0n) is 8.94. The molecule has 6 heteroatoms. The van der Waals surface area contributed by atoms with E-state index in [0.29, 0.717) is 19.6 Å². The largest absolute Gasteiger partial charge is 0.389 e. The molecule has 2 fully saturated rings. The molecule has 0 aromatic carbocycles. The molecule has 0 radical (unpaired) electrons.